The minimum absolute atomic E-state index is 0.141. The Morgan fingerprint density at radius 2 is 2.04 bits per heavy atom. The van der Waals surface area contributed by atoms with Gasteiger partial charge in [0.15, 0.2) is 0 Å². The maximum absolute atomic E-state index is 10.8. The number of carboxylic acids is 1. The highest BCUT2D eigenvalue weighted by Crippen LogP contribution is 2.27. The molecule has 0 aliphatic rings. The van der Waals surface area contributed by atoms with Crippen molar-refractivity contribution in [2.45, 2.75) is 26.3 Å². The summed E-state index contributed by atoms with van der Waals surface area (Å²) in [5.41, 5.74) is 10.6. The number of benzene rings is 2. The molecule has 3 N–H and O–H groups in total. The number of fused-ring (bicyclic) bond motifs is 1. The lowest BCUT2D eigenvalue weighted by molar-refractivity contribution is -0.137. The number of nitrogens with zero attached hydrogens (tertiary/aromatic N) is 2. The van der Waals surface area contributed by atoms with E-state index in [2.05, 4.69) is 4.57 Å². The van der Waals surface area contributed by atoms with Crippen molar-refractivity contribution < 1.29 is 9.90 Å². The van der Waals surface area contributed by atoms with Crippen LogP contribution in [0.4, 0.5) is 5.69 Å². The lowest BCUT2D eigenvalue weighted by atomic mass is 10.1. The quantitative estimate of drug-likeness (QED) is 0.707. The van der Waals surface area contributed by atoms with E-state index < -0.39 is 5.97 Å². The van der Waals surface area contributed by atoms with Crippen molar-refractivity contribution in [1.29, 1.82) is 0 Å². The highest BCUT2D eigenvalue weighted by atomic mass is 16.4. The first-order valence-electron chi connectivity index (χ1n) is 7.60. The van der Waals surface area contributed by atoms with Gasteiger partial charge in [0, 0.05) is 24.2 Å². The Morgan fingerprint density at radius 3 is 2.78 bits per heavy atom. The van der Waals surface area contributed by atoms with Crippen LogP contribution in [0.5, 0.6) is 0 Å². The van der Waals surface area contributed by atoms with E-state index in [4.69, 9.17) is 15.8 Å². The van der Waals surface area contributed by atoms with E-state index in [0.29, 0.717) is 13.0 Å². The van der Waals surface area contributed by atoms with Crippen LogP contribution in [0.25, 0.3) is 22.4 Å². The average molecular weight is 309 g/mol. The van der Waals surface area contributed by atoms with Gasteiger partial charge in [0.05, 0.1) is 11.0 Å². The molecule has 0 spiro atoms. The normalized spacial score (nSPS) is 11.0. The Labute approximate surface area is 134 Å². The molecule has 0 atom stereocenters. The number of aryl methyl sites for hydroxylation is 2. The summed E-state index contributed by atoms with van der Waals surface area (Å²) in [5.74, 6) is 0.0406. The third-order valence-electron chi connectivity index (χ3n) is 3.96. The second-order valence-corrected chi connectivity index (χ2v) is 5.64. The summed E-state index contributed by atoms with van der Waals surface area (Å²) in [5, 5.41) is 8.87. The van der Waals surface area contributed by atoms with Crippen LogP contribution in [-0.2, 0) is 11.3 Å². The number of carbonyl (C=O) groups is 1. The molecule has 5 nitrogen and oxygen atoms in total. The first-order valence-corrected chi connectivity index (χ1v) is 7.60. The summed E-state index contributed by atoms with van der Waals surface area (Å²) in [6, 6.07) is 13.8. The fraction of sp³-hybridized carbons (Fsp3) is 0.222. The molecule has 1 aromatic heterocycles. The molecule has 0 saturated carbocycles. The van der Waals surface area contributed by atoms with Gasteiger partial charge in [-0.2, -0.15) is 0 Å². The molecule has 0 bridgehead atoms. The predicted octanol–water partition coefficient (Wildman–Crippen LogP) is 3.46. The van der Waals surface area contributed by atoms with Crippen LogP contribution in [0, 0.1) is 6.92 Å². The molecule has 2 aromatic carbocycles. The zero-order chi connectivity index (χ0) is 16.4. The minimum atomic E-state index is -0.782. The summed E-state index contributed by atoms with van der Waals surface area (Å²) in [4.78, 5) is 15.5. The Morgan fingerprint density at radius 1 is 1.26 bits per heavy atom. The fourth-order valence-corrected chi connectivity index (χ4v) is 2.69. The molecule has 0 aliphatic heterocycles. The molecule has 1 heterocycles. The number of anilines is 1. The predicted molar refractivity (Wildman–Crippen MR) is 91.2 cm³/mol. The van der Waals surface area contributed by atoms with Gasteiger partial charge in [0.1, 0.15) is 5.82 Å². The topological polar surface area (TPSA) is 81.1 Å². The van der Waals surface area contributed by atoms with Crippen LogP contribution in [0.15, 0.2) is 42.5 Å². The van der Waals surface area contributed by atoms with E-state index >= 15 is 0 Å². The highest BCUT2D eigenvalue weighted by molar-refractivity contribution is 5.81. The van der Waals surface area contributed by atoms with Crippen molar-refractivity contribution in [1.82, 2.24) is 9.55 Å². The average Bonchev–Trinajstić information content (AvgIpc) is 2.89. The molecular formula is C18H19N3O2. The zero-order valence-electron chi connectivity index (χ0n) is 13.0. The Bertz CT molecular complexity index is 868. The van der Waals surface area contributed by atoms with Crippen molar-refractivity contribution in [3.8, 4) is 11.4 Å². The molecule has 0 amide bonds. The number of imidazole rings is 1. The third kappa shape index (κ3) is 3.04. The molecule has 0 saturated heterocycles. The largest absolute Gasteiger partial charge is 0.481 e. The molecule has 118 valence electrons. The summed E-state index contributed by atoms with van der Waals surface area (Å²) >= 11 is 0. The number of carboxylic acid groups (broad SMARTS) is 1. The number of hydrogen-bond acceptors (Lipinski definition) is 3. The van der Waals surface area contributed by atoms with Gasteiger partial charge >= 0.3 is 5.97 Å². The van der Waals surface area contributed by atoms with Gasteiger partial charge in [-0.05, 0) is 37.1 Å². The Kier molecular flexibility index (Phi) is 4.02. The molecule has 3 rings (SSSR count). The van der Waals surface area contributed by atoms with Gasteiger partial charge in [0.2, 0.25) is 0 Å². The van der Waals surface area contributed by atoms with Crippen LogP contribution in [0.3, 0.4) is 0 Å². The van der Waals surface area contributed by atoms with Gasteiger partial charge < -0.3 is 15.4 Å². The van der Waals surface area contributed by atoms with Gasteiger partial charge in [-0.15, -0.1) is 0 Å². The van der Waals surface area contributed by atoms with E-state index in [1.54, 1.807) is 0 Å². The number of para-hydroxylation sites is 2. The fourth-order valence-electron chi connectivity index (χ4n) is 2.69. The summed E-state index contributed by atoms with van der Waals surface area (Å²) < 4.78 is 2.07. The molecule has 3 aromatic rings. The van der Waals surface area contributed by atoms with Gasteiger partial charge in [-0.1, -0.05) is 24.3 Å². The number of aromatic nitrogens is 2. The van der Waals surface area contributed by atoms with Crippen molar-refractivity contribution in [2.24, 2.45) is 0 Å². The zero-order valence-corrected chi connectivity index (χ0v) is 13.0. The number of rotatable bonds is 5. The van der Waals surface area contributed by atoms with Crippen molar-refractivity contribution in [3.05, 3.63) is 48.0 Å². The van der Waals surface area contributed by atoms with Crippen LogP contribution < -0.4 is 5.73 Å². The SMILES string of the molecule is Cc1ccc(-c2nc3ccccc3n2CCCC(=O)O)cc1N. The van der Waals surface area contributed by atoms with Crippen LogP contribution in [0.1, 0.15) is 18.4 Å². The third-order valence-corrected chi connectivity index (χ3v) is 3.96. The maximum atomic E-state index is 10.8. The van der Waals surface area contributed by atoms with Gasteiger partial charge in [-0.25, -0.2) is 4.98 Å². The molecule has 0 unspecified atom stereocenters. The summed E-state index contributed by atoms with van der Waals surface area (Å²) in [6.45, 7) is 2.57. The van der Waals surface area contributed by atoms with Crippen LogP contribution in [-0.4, -0.2) is 20.6 Å². The van der Waals surface area contributed by atoms with E-state index in [1.807, 2.05) is 49.4 Å². The summed E-state index contributed by atoms with van der Waals surface area (Å²) in [6.07, 6.45) is 0.700. The minimum Gasteiger partial charge on any atom is -0.481 e. The standard InChI is InChI=1S/C18H19N3O2/c1-12-8-9-13(11-14(12)19)18-20-15-5-2-3-6-16(15)21(18)10-4-7-17(22)23/h2-3,5-6,8-9,11H,4,7,10,19H2,1H3,(H,22,23). The van der Waals surface area contributed by atoms with E-state index in [1.165, 1.54) is 0 Å². The number of aliphatic carboxylic acids is 1. The first-order chi connectivity index (χ1) is 11.1. The first kappa shape index (κ1) is 15.1. The van der Waals surface area contributed by atoms with Gasteiger partial charge in [-0.3, -0.25) is 4.79 Å². The highest BCUT2D eigenvalue weighted by Gasteiger charge is 2.13. The van der Waals surface area contributed by atoms with Crippen LogP contribution >= 0.6 is 0 Å². The van der Waals surface area contributed by atoms with E-state index in [0.717, 1.165) is 33.7 Å². The van der Waals surface area contributed by atoms with Crippen molar-refractivity contribution in [3.63, 3.8) is 0 Å². The second kappa shape index (κ2) is 6.12. The molecule has 5 heteroatoms. The monoisotopic (exact) mass is 309 g/mol. The summed E-state index contributed by atoms with van der Waals surface area (Å²) in [7, 11) is 0. The molecule has 0 aliphatic carbocycles. The van der Waals surface area contributed by atoms with Crippen molar-refractivity contribution in [2.75, 3.05) is 5.73 Å². The molecule has 0 fully saturated rings. The number of hydrogen-bond donors (Lipinski definition) is 2. The second-order valence-electron chi connectivity index (χ2n) is 5.64. The lowest BCUT2D eigenvalue weighted by Crippen LogP contribution is -2.04. The maximum Gasteiger partial charge on any atom is 0.303 e. The number of nitrogens with two attached hydrogens (primary N) is 1. The molecule has 23 heavy (non-hydrogen) atoms. The number of nitrogen functional groups attached to an aromatic ring is 1. The smallest absolute Gasteiger partial charge is 0.303 e. The Balaban J connectivity index is 2.07. The molecule has 0 radical (unpaired) electrons. The van der Waals surface area contributed by atoms with Gasteiger partial charge in [0.25, 0.3) is 0 Å². The van der Waals surface area contributed by atoms with E-state index in [-0.39, 0.29) is 6.42 Å². The van der Waals surface area contributed by atoms with E-state index in [9.17, 15) is 4.79 Å². The van der Waals surface area contributed by atoms with Crippen LogP contribution in [0.2, 0.25) is 0 Å². The van der Waals surface area contributed by atoms with Crippen molar-refractivity contribution >= 4 is 22.7 Å². The Hall–Kier alpha value is -2.82. The molecular weight excluding hydrogens is 290 g/mol. The lowest BCUT2D eigenvalue weighted by Gasteiger charge is -2.10.